The lowest BCUT2D eigenvalue weighted by atomic mass is 10.2. The Balaban J connectivity index is 2.62. The van der Waals surface area contributed by atoms with Crippen molar-refractivity contribution >= 4 is 11.9 Å². The number of hydrogen-bond acceptors (Lipinski definition) is 3. The molecule has 56 valence electrons. The van der Waals surface area contributed by atoms with Gasteiger partial charge in [0.2, 0.25) is 0 Å². The molecule has 0 atom stereocenters. The van der Waals surface area contributed by atoms with Crippen LogP contribution in [-0.4, -0.2) is 16.5 Å². The number of aromatic nitrogens is 2. The second-order valence-electron chi connectivity index (χ2n) is 2.30. The summed E-state index contributed by atoms with van der Waals surface area (Å²) in [7, 11) is 0. The van der Waals surface area contributed by atoms with Gasteiger partial charge in [-0.3, -0.25) is 4.98 Å². The lowest BCUT2D eigenvalue weighted by Gasteiger charge is -2.09. The zero-order valence-electron chi connectivity index (χ0n) is 5.79. The van der Waals surface area contributed by atoms with Crippen LogP contribution in [-0.2, 0) is 0 Å². The van der Waals surface area contributed by atoms with Crippen molar-refractivity contribution < 1.29 is 0 Å². The maximum Gasteiger partial charge on any atom is 0.346 e. The van der Waals surface area contributed by atoms with Gasteiger partial charge in [-0.05, 0) is 0 Å². The molecule has 0 aromatic carbocycles. The molecule has 0 spiro atoms. The number of hydrogen-bond donors (Lipinski definition) is 2. The van der Waals surface area contributed by atoms with E-state index >= 15 is 0 Å². The molecule has 1 aliphatic heterocycles. The summed E-state index contributed by atoms with van der Waals surface area (Å²) in [6, 6.07) is 0. The van der Waals surface area contributed by atoms with Crippen LogP contribution < -0.4 is 11.0 Å². The normalized spacial score (nSPS) is 13.8. The van der Waals surface area contributed by atoms with Gasteiger partial charge in [0.25, 0.3) is 0 Å². The topological polar surface area (TPSA) is 57.8 Å². The fourth-order valence-corrected chi connectivity index (χ4v) is 1.02. The van der Waals surface area contributed by atoms with Gasteiger partial charge in [0.15, 0.2) is 0 Å². The predicted octanol–water partition coefficient (Wildman–Crippen LogP) is 0.209. The summed E-state index contributed by atoms with van der Waals surface area (Å²) in [5, 5.41) is 3.02. The Morgan fingerprint density at radius 3 is 3.36 bits per heavy atom. The highest BCUT2D eigenvalue weighted by molar-refractivity contribution is 5.65. The zero-order chi connectivity index (χ0) is 7.68. The summed E-state index contributed by atoms with van der Waals surface area (Å²) >= 11 is 0. The fourth-order valence-electron chi connectivity index (χ4n) is 1.02. The summed E-state index contributed by atoms with van der Waals surface area (Å²) in [5.74, 6) is 0.757. The number of rotatable bonds is 0. The molecule has 1 aromatic rings. The third-order valence-corrected chi connectivity index (χ3v) is 1.54. The van der Waals surface area contributed by atoms with Crippen molar-refractivity contribution in [2.75, 3.05) is 11.9 Å². The molecule has 0 radical (unpaired) electrons. The highest BCUT2D eigenvalue weighted by atomic mass is 16.1. The van der Waals surface area contributed by atoms with E-state index in [1.54, 1.807) is 6.20 Å². The molecule has 4 nitrogen and oxygen atoms in total. The molecular weight excluding hydrogens is 142 g/mol. The SMILES string of the molecule is O=c1ncc2c([nH]1)NCC=C2. The van der Waals surface area contributed by atoms with Crippen molar-refractivity contribution in [1.29, 1.82) is 0 Å². The van der Waals surface area contributed by atoms with Crippen LogP contribution in [0.3, 0.4) is 0 Å². The van der Waals surface area contributed by atoms with Gasteiger partial charge in [0.05, 0.1) is 0 Å². The summed E-state index contributed by atoms with van der Waals surface area (Å²) in [5.41, 5.74) is 0.613. The highest BCUT2D eigenvalue weighted by Gasteiger charge is 2.02. The number of fused-ring (bicyclic) bond motifs is 1. The van der Waals surface area contributed by atoms with Gasteiger partial charge in [-0.25, -0.2) is 9.78 Å². The molecule has 2 N–H and O–H groups in total. The standard InChI is InChI=1S/C7H7N3O/c11-7-9-4-5-2-1-3-8-6(5)10-7/h1-2,4H,3H2,(H2,8,9,10,11). The van der Waals surface area contributed by atoms with Gasteiger partial charge in [0, 0.05) is 18.3 Å². The lowest BCUT2D eigenvalue weighted by molar-refractivity contribution is 1.05. The Labute approximate surface area is 63.0 Å². The van der Waals surface area contributed by atoms with E-state index in [0.29, 0.717) is 0 Å². The van der Waals surface area contributed by atoms with Crippen molar-refractivity contribution in [3.8, 4) is 0 Å². The fraction of sp³-hybridized carbons (Fsp3) is 0.143. The van der Waals surface area contributed by atoms with Crippen molar-refractivity contribution in [3.05, 3.63) is 28.3 Å². The molecule has 2 rings (SSSR count). The molecule has 0 bridgehead atoms. The molecule has 0 aliphatic carbocycles. The van der Waals surface area contributed by atoms with E-state index in [2.05, 4.69) is 15.3 Å². The second kappa shape index (κ2) is 2.23. The third kappa shape index (κ3) is 1.02. The van der Waals surface area contributed by atoms with Crippen LogP contribution in [0, 0.1) is 0 Å². The molecular formula is C7H7N3O. The van der Waals surface area contributed by atoms with Crippen LogP contribution in [0.1, 0.15) is 5.56 Å². The molecule has 0 saturated heterocycles. The molecule has 0 fully saturated rings. The Kier molecular flexibility index (Phi) is 1.25. The summed E-state index contributed by atoms with van der Waals surface area (Å²) in [4.78, 5) is 16.9. The van der Waals surface area contributed by atoms with Crippen molar-refractivity contribution in [2.24, 2.45) is 0 Å². The van der Waals surface area contributed by atoms with Crippen molar-refractivity contribution in [2.45, 2.75) is 0 Å². The van der Waals surface area contributed by atoms with Crippen LogP contribution in [0.15, 0.2) is 17.1 Å². The second-order valence-corrected chi connectivity index (χ2v) is 2.30. The number of nitrogens with zero attached hydrogens (tertiary/aromatic N) is 1. The molecule has 1 aromatic heterocycles. The van der Waals surface area contributed by atoms with E-state index < -0.39 is 0 Å². The van der Waals surface area contributed by atoms with Gasteiger partial charge in [0.1, 0.15) is 5.82 Å². The van der Waals surface area contributed by atoms with Gasteiger partial charge < -0.3 is 5.32 Å². The molecule has 11 heavy (non-hydrogen) atoms. The zero-order valence-corrected chi connectivity index (χ0v) is 5.79. The van der Waals surface area contributed by atoms with Crippen LogP contribution in [0.5, 0.6) is 0 Å². The lowest BCUT2D eigenvalue weighted by Crippen LogP contribution is -2.16. The average molecular weight is 149 g/mol. The van der Waals surface area contributed by atoms with E-state index in [4.69, 9.17) is 0 Å². The minimum absolute atomic E-state index is 0.313. The Bertz CT molecular complexity index is 353. The van der Waals surface area contributed by atoms with E-state index in [-0.39, 0.29) is 5.69 Å². The minimum Gasteiger partial charge on any atom is -0.367 e. The van der Waals surface area contributed by atoms with E-state index in [1.807, 2.05) is 12.2 Å². The third-order valence-electron chi connectivity index (χ3n) is 1.54. The summed E-state index contributed by atoms with van der Waals surface area (Å²) < 4.78 is 0. The predicted molar refractivity (Wildman–Crippen MR) is 42.4 cm³/mol. The maximum atomic E-state index is 10.7. The van der Waals surface area contributed by atoms with Crippen molar-refractivity contribution in [3.63, 3.8) is 0 Å². The average Bonchev–Trinajstić information content (AvgIpc) is 2.04. The van der Waals surface area contributed by atoms with Gasteiger partial charge >= 0.3 is 5.69 Å². The molecule has 1 aliphatic rings. The number of anilines is 1. The highest BCUT2D eigenvalue weighted by Crippen LogP contribution is 2.13. The largest absolute Gasteiger partial charge is 0.367 e. The van der Waals surface area contributed by atoms with Crippen LogP contribution in [0.4, 0.5) is 5.82 Å². The van der Waals surface area contributed by atoms with E-state index in [9.17, 15) is 4.79 Å². The first-order valence-electron chi connectivity index (χ1n) is 3.36. The quantitative estimate of drug-likeness (QED) is 0.554. The number of nitrogens with one attached hydrogen (secondary N) is 2. The van der Waals surface area contributed by atoms with Crippen molar-refractivity contribution in [1.82, 2.24) is 9.97 Å². The first kappa shape index (κ1) is 6.15. The molecule has 2 heterocycles. The molecule has 0 unspecified atom stereocenters. The van der Waals surface area contributed by atoms with Gasteiger partial charge in [-0.1, -0.05) is 12.2 Å². The Hall–Kier alpha value is -1.58. The monoisotopic (exact) mass is 149 g/mol. The first-order chi connectivity index (χ1) is 5.36. The van der Waals surface area contributed by atoms with E-state index in [1.165, 1.54) is 0 Å². The van der Waals surface area contributed by atoms with Crippen LogP contribution >= 0.6 is 0 Å². The number of aromatic amines is 1. The maximum absolute atomic E-state index is 10.7. The first-order valence-corrected chi connectivity index (χ1v) is 3.36. The number of H-pyrrole nitrogens is 1. The Morgan fingerprint density at radius 2 is 2.45 bits per heavy atom. The van der Waals surface area contributed by atoms with Gasteiger partial charge in [-0.2, -0.15) is 0 Å². The molecule has 0 amide bonds. The molecule has 4 heteroatoms. The minimum atomic E-state index is -0.313. The summed E-state index contributed by atoms with van der Waals surface area (Å²) in [6.45, 7) is 0.757. The smallest absolute Gasteiger partial charge is 0.346 e. The van der Waals surface area contributed by atoms with Crippen LogP contribution in [0.25, 0.3) is 6.08 Å². The van der Waals surface area contributed by atoms with E-state index in [0.717, 1.165) is 17.9 Å². The Morgan fingerprint density at radius 1 is 1.55 bits per heavy atom. The van der Waals surface area contributed by atoms with Crippen LogP contribution in [0.2, 0.25) is 0 Å². The molecule has 0 saturated carbocycles. The summed E-state index contributed by atoms with van der Waals surface area (Å²) in [6.07, 6.45) is 5.45. The van der Waals surface area contributed by atoms with Gasteiger partial charge in [-0.15, -0.1) is 0 Å².